The maximum Gasteiger partial charge on any atom is 0.243 e. The van der Waals surface area contributed by atoms with Crippen molar-refractivity contribution in [2.24, 2.45) is 5.73 Å². The van der Waals surface area contributed by atoms with Gasteiger partial charge < -0.3 is 19.8 Å². The van der Waals surface area contributed by atoms with Crippen molar-refractivity contribution >= 4 is 17.2 Å². The molecule has 21 heavy (non-hydrogen) atoms. The predicted molar refractivity (Wildman–Crippen MR) is 69.8 cm³/mol. The fourth-order valence-electron chi connectivity index (χ4n) is 1.94. The second kappa shape index (κ2) is 6.58. The molecule has 0 saturated carbocycles. The largest absolute Gasteiger partial charge is 0.760 e. The molecular formula is C12H14FN2O5S-. The second-order valence-electron chi connectivity index (χ2n) is 4.60. The average molecular weight is 317 g/mol. The number of carbonyl (C=O) groups excluding carboxylic acids is 1. The summed E-state index contributed by atoms with van der Waals surface area (Å²) >= 11 is -2.46. The molecule has 0 radical (unpaired) electrons. The molecule has 0 spiro atoms. The summed E-state index contributed by atoms with van der Waals surface area (Å²) in [5.74, 6) is -1.19. The molecule has 1 amide bonds. The summed E-state index contributed by atoms with van der Waals surface area (Å²) in [6.07, 6.45) is 0. The predicted octanol–water partition coefficient (Wildman–Crippen LogP) is -0.563. The van der Waals surface area contributed by atoms with Crippen molar-refractivity contribution in [3.63, 3.8) is 0 Å². The monoisotopic (exact) mass is 317 g/mol. The van der Waals surface area contributed by atoms with Gasteiger partial charge in [-0.3, -0.25) is 9.00 Å². The summed E-state index contributed by atoms with van der Waals surface area (Å²) in [7, 11) is 0. The van der Waals surface area contributed by atoms with Crippen LogP contribution in [0.1, 0.15) is 11.1 Å². The van der Waals surface area contributed by atoms with Crippen LogP contribution in [-0.2, 0) is 37.7 Å². The highest BCUT2D eigenvalue weighted by atomic mass is 32.2. The van der Waals surface area contributed by atoms with Gasteiger partial charge in [0.15, 0.2) is 0 Å². The zero-order valence-electron chi connectivity index (χ0n) is 11.0. The Morgan fingerprint density at radius 2 is 2.29 bits per heavy atom. The normalized spacial score (nSPS) is 18.0. The van der Waals surface area contributed by atoms with E-state index in [-0.39, 0.29) is 31.9 Å². The molecule has 1 heterocycles. The molecule has 1 aliphatic heterocycles. The molecule has 1 aromatic rings. The van der Waals surface area contributed by atoms with Crippen molar-refractivity contribution in [3.05, 3.63) is 35.1 Å². The van der Waals surface area contributed by atoms with Gasteiger partial charge in [0.2, 0.25) is 5.91 Å². The Balaban J connectivity index is 2.14. The highest BCUT2D eigenvalue weighted by Crippen LogP contribution is 2.34. The van der Waals surface area contributed by atoms with E-state index in [4.69, 9.17) is 15.2 Å². The fourth-order valence-corrected chi connectivity index (χ4v) is 2.21. The third-order valence-electron chi connectivity index (χ3n) is 3.12. The number of amides is 1. The van der Waals surface area contributed by atoms with Gasteiger partial charge in [-0.25, -0.2) is 9.11 Å². The highest BCUT2D eigenvalue weighted by molar-refractivity contribution is 7.77. The zero-order valence-corrected chi connectivity index (χ0v) is 11.8. The molecule has 1 aliphatic rings. The number of rotatable bonds is 7. The number of nitrogens with two attached hydrogens (primary N) is 1. The van der Waals surface area contributed by atoms with E-state index in [0.29, 0.717) is 5.56 Å². The first kappa shape index (κ1) is 16.0. The van der Waals surface area contributed by atoms with Crippen molar-refractivity contribution in [2.45, 2.75) is 12.1 Å². The first-order valence-electron chi connectivity index (χ1n) is 6.05. The van der Waals surface area contributed by atoms with Crippen LogP contribution in [0.25, 0.3) is 0 Å². The zero-order chi connectivity index (χ0) is 15.5. The SMILES string of the molecule is NC(=O)COC1(c2ccc(CNS(=O)[O-])c(F)c2)COC1. The molecule has 3 N–H and O–H groups in total. The summed E-state index contributed by atoms with van der Waals surface area (Å²) in [4.78, 5) is 10.8. The number of carbonyl (C=O) groups is 1. The molecule has 1 unspecified atom stereocenters. The van der Waals surface area contributed by atoms with Crippen molar-refractivity contribution < 1.29 is 27.4 Å². The number of nitrogens with one attached hydrogen (secondary N) is 1. The molecule has 0 aliphatic carbocycles. The lowest BCUT2D eigenvalue weighted by atomic mass is 9.90. The van der Waals surface area contributed by atoms with Crippen LogP contribution in [-0.4, -0.2) is 34.5 Å². The molecule has 1 saturated heterocycles. The van der Waals surface area contributed by atoms with Gasteiger partial charge in [0.05, 0.1) is 13.2 Å². The summed E-state index contributed by atoms with van der Waals surface area (Å²) in [5.41, 5.74) is 4.86. The number of ether oxygens (including phenoxy) is 2. The topological polar surface area (TPSA) is 114 Å². The Labute approximate surface area is 123 Å². The van der Waals surface area contributed by atoms with Gasteiger partial charge in [-0.1, -0.05) is 12.1 Å². The Morgan fingerprint density at radius 1 is 1.57 bits per heavy atom. The summed E-state index contributed by atoms with van der Waals surface area (Å²) in [6.45, 7) is -0.0406. The Hall–Kier alpha value is -1.39. The average Bonchev–Trinajstić information content (AvgIpc) is 2.36. The maximum atomic E-state index is 14.0. The van der Waals surface area contributed by atoms with Crippen LogP contribution in [0.15, 0.2) is 18.2 Å². The van der Waals surface area contributed by atoms with E-state index in [9.17, 15) is 17.9 Å². The van der Waals surface area contributed by atoms with Gasteiger partial charge in [0, 0.05) is 23.4 Å². The smallest absolute Gasteiger partial charge is 0.243 e. The molecule has 9 heteroatoms. The first-order chi connectivity index (χ1) is 9.93. The van der Waals surface area contributed by atoms with Crippen LogP contribution in [0, 0.1) is 5.82 Å². The molecule has 0 bridgehead atoms. The lowest BCUT2D eigenvalue weighted by Gasteiger charge is -2.41. The molecule has 1 aromatic carbocycles. The van der Waals surface area contributed by atoms with E-state index >= 15 is 0 Å². The van der Waals surface area contributed by atoms with Gasteiger partial charge in [0.25, 0.3) is 0 Å². The van der Waals surface area contributed by atoms with Gasteiger partial charge in [-0.05, 0) is 11.6 Å². The molecule has 2 rings (SSSR count). The van der Waals surface area contributed by atoms with Gasteiger partial charge >= 0.3 is 0 Å². The first-order valence-corrected chi connectivity index (χ1v) is 7.12. The van der Waals surface area contributed by atoms with Crippen LogP contribution in [0.3, 0.4) is 0 Å². The molecule has 1 atom stereocenters. The molecular weight excluding hydrogens is 303 g/mol. The molecule has 0 aromatic heterocycles. The Bertz CT molecular complexity index is 565. The Morgan fingerprint density at radius 3 is 2.76 bits per heavy atom. The lowest BCUT2D eigenvalue weighted by molar-refractivity contribution is -0.215. The van der Waals surface area contributed by atoms with E-state index < -0.39 is 28.6 Å². The van der Waals surface area contributed by atoms with E-state index in [1.54, 1.807) is 6.07 Å². The minimum absolute atomic E-state index is 0.145. The number of primary amides is 1. The maximum absolute atomic E-state index is 14.0. The quantitative estimate of drug-likeness (QED) is 0.654. The van der Waals surface area contributed by atoms with Crippen molar-refractivity contribution in [3.8, 4) is 0 Å². The summed E-state index contributed by atoms with van der Waals surface area (Å²) < 4.78 is 47.4. The standard InChI is InChI=1S/C12H15FN2O5S/c13-10-3-9(2-1-8(10)4-15-21(17)18)12(6-19-7-12)20-5-11(14)16/h1-3,15H,4-7H2,(H2,14,16)(H,17,18)/p-1. The number of hydrogen-bond acceptors (Lipinski definition) is 5. The third-order valence-corrected chi connectivity index (χ3v) is 3.50. The number of benzene rings is 1. The lowest BCUT2D eigenvalue weighted by Crippen LogP contribution is -2.50. The summed E-state index contributed by atoms with van der Waals surface area (Å²) in [5, 5.41) is 0. The van der Waals surface area contributed by atoms with Crippen molar-refractivity contribution in [1.82, 2.24) is 4.72 Å². The third kappa shape index (κ3) is 3.83. The van der Waals surface area contributed by atoms with Gasteiger partial charge in [-0.15, -0.1) is 0 Å². The number of hydrogen-bond donors (Lipinski definition) is 2. The summed E-state index contributed by atoms with van der Waals surface area (Å²) in [6, 6.07) is 4.31. The highest BCUT2D eigenvalue weighted by Gasteiger charge is 2.42. The van der Waals surface area contributed by atoms with Crippen LogP contribution in [0.2, 0.25) is 0 Å². The molecule has 116 valence electrons. The van der Waals surface area contributed by atoms with E-state index in [1.165, 1.54) is 12.1 Å². The number of halogens is 1. The fraction of sp³-hybridized carbons (Fsp3) is 0.417. The van der Waals surface area contributed by atoms with Crippen LogP contribution in [0.4, 0.5) is 4.39 Å². The van der Waals surface area contributed by atoms with Crippen molar-refractivity contribution in [1.29, 1.82) is 0 Å². The molecule has 1 fully saturated rings. The van der Waals surface area contributed by atoms with Crippen molar-refractivity contribution in [2.75, 3.05) is 19.8 Å². The van der Waals surface area contributed by atoms with E-state index in [2.05, 4.69) is 4.72 Å². The second-order valence-corrected chi connectivity index (χ2v) is 5.36. The van der Waals surface area contributed by atoms with Crippen LogP contribution in [0.5, 0.6) is 0 Å². The van der Waals surface area contributed by atoms with Crippen LogP contribution < -0.4 is 10.5 Å². The minimum atomic E-state index is -2.46. The van der Waals surface area contributed by atoms with Crippen LogP contribution >= 0.6 is 0 Å². The van der Waals surface area contributed by atoms with Gasteiger partial charge in [-0.2, -0.15) is 0 Å². The minimum Gasteiger partial charge on any atom is -0.760 e. The molecule has 7 nitrogen and oxygen atoms in total. The van der Waals surface area contributed by atoms with E-state index in [0.717, 1.165) is 0 Å². The Kier molecular flexibility index (Phi) is 5.01. The van der Waals surface area contributed by atoms with E-state index in [1.807, 2.05) is 0 Å². The van der Waals surface area contributed by atoms with Gasteiger partial charge in [0.1, 0.15) is 18.0 Å².